The zero-order valence-electron chi connectivity index (χ0n) is 36.6. The first-order valence-corrected chi connectivity index (χ1v) is 23.9. The van der Waals surface area contributed by atoms with Gasteiger partial charge in [-0.2, -0.15) is 0 Å². The zero-order chi connectivity index (χ0) is 40.1. The van der Waals surface area contributed by atoms with Gasteiger partial charge < -0.3 is 20.6 Å². The van der Waals surface area contributed by atoms with Gasteiger partial charge in [0.15, 0.2) is 0 Å². The molecule has 0 aliphatic rings. The van der Waals surface area contributed by atoms with Gasteiger partial charge in [0.1, 0.15) is 6.10 Å². The maximum absolute atomic E-state index is 12.4. The maximum atomic E-state index is 12.4. The molecule has 0 aliphatic carbocycles. The van der Waals surface area contributed by atoms with Gasteiger partial charge in [-0.1, -0.05) is 197 Å². The molecule has 3 unspecified atom stereocenters. The number of nitrogens with one attached hydrogen (secondary N) is 1. The molecule has 0 heterocycles. The standard InChI is InChI=1S/C50H93NO4/c1-3-5-7-9-11-13-15-17-19-21-22-23-24-25-26-27-29-30-32-34-36-38-40-42-44-48(53)50(55)47(46-52)51-49(54)45-43-41-39-37-35-33-31-28-20-18-16-14-12-10-8-6-4-2/h12,14,18,20,29-30,36,38,47-48,50,52-53,55H,3-11,13,15-17,19,21-28,31-35,37,39-46H2,1-2H3,(H,51,54)/b14-12-,20-18-,30-29+,38-36+. The van der Waals surface area contributed by atoms with Crippen molar-refractivity contribution in [2.24, 2.45) is 0 Å². The molecule has 3 atom stereocenters. The molecule has 0 radical (unpaired) electrons. The number of unbranched alkanes of at least 4 members (excludes halogenated alkanes) is 27. The van der Waals surface area contributed by atoms with Crippen molar-refractivity contribution in [1.29, 1.82) is 0 Å². The van der Waals surface area contributed by atoms with E-state index in [1.54, 1.807) is 0 Å². The molecular formula is C50H93NO4. The van der Waals surface area contributed by atoms with Crippen molar-refractivity contribution in [3.63, 3.8) is 0 Å². The van der Waals surface area contributed by atoms with Crippen molar-refractivity contribution >= 4 is 5.91 Å². The van der Waals surface area contributed by atoms with Gasteiger partial charge in [0.05, 0.1) is 18.8 Å². The van der Waals surface area contributed by atoms with E-state index in [0.29, 0.717) is 12.8 Å². The molecule has 0 aromatic carbocycles. The molecule has 0 spiro atoms. The van der Waals surface area contributed by atoms with Crippen LogP contribution in [0.25, 0.3) is 0 Å². The second kappa shape index (κ2) is 45.0. The van der Waals surface area contributed by atoms with E-state index in [1.165, 1.54) is 154 Å². The highest BCUT2D eigenvalue weighted by Crippen LogP contribution is 2.15. The van der Waals surface area contributed by atoms with Gasteiger partial charge in [-0.05, 0) is 83.5 Å². The summed E-state index contributed by atoms with van der Waals surface area (Å²) in [6, 6.07) is -0.838. The minimum atomic E-state index is -1.17. The second-order valence-electron chi connectivity index (χ2n) is 16.3. The fourth-order valence-electron chi connectivity index (χ4n) is 7.15. The van der Waals surface area contributed by atoms with E-state index in [1.807, 2.05) is 0 Å². The monoisotopic (exact) mass is 772 g/mol. The Balaban J connectivity index is 3.68. The number of aliphatic hydroxyl groups excluding tert-OH is 3. The quantitative estimate of drug-likeness (QED) is 0.0367. The number of carbonyl (C=O) groups is 1. The van der Waals surface area contributed by atoms with Crippen LogP contribution in [0.4, 0.5) is 0 Å². The Morgan fingerprint density at radius 2 is 0.800 bits per heavy atom. The van der Waals surface area contributed by atoms with Crippen LogP contribution in [0.2, 0.25) is 0 Å². The third-order valence-corrected chi connectivity index (χ3v) is 10.9. The lowest BCUT2D eigenvalue weighted by Crippen LogP contribution is -2.50. The van der Waals surface area contributed by atoms with Crippen molar-refractivity contribution in [3.8, 4) is 0 Å². The van der Waals surface area contributed by atoms with E-state index >= 15 is 0 Å². The van der Waals surface area contributed by atoms with Crippen LogP contribution in [-0.4, -0.2) is 46.1 Å². The van der Waals surface area contributed by atoms with Gasteiger partial charge in [0.2, 0.25) is 5.91 Å². The van der Waals surface area contributed by atoms with Crippen molar-refractivity contribution < 1.29 is 20.1 Å². The Morgan fingerprint density at radius 3 is 1.25 bits per heavy atom. The minimum absolute atomic E-state index is 0.167. The van der Waals surface area contributed by atoms with E-state index < -0.39 is 18.2 Å². The van der Waals surface area contributed by atoms with Crippen molar-refractivity contribution in [3.05, 3.63) is 48.6 Å². The molecule has 0 aromatic rings. The van der Waals surface area contributed by atoms with Crippen LogP contribution in [-0.2, 0) is 4.79 Å². The fourth-order valence-corrected chi connectivity index (χ4v) is 7.15. The molecule has 0 saturated carbocycles. The molecule has 0 rings (SSSR count). The van der Waals surface area contributed by atoms with Gasteiger partial charge in [0, 0.05) is 6.42 Å². The van der Waals surface area contributed by atoms with Crippen LogP contribution in [0.15, 0.2) is 48.6 Å². The number of amides is 1. The lowest BCUT2D eigenvalue weighted by Gasteiger charge is -2.26. The predicted molar refractivity (Wildman–Crippen MR) is 241 cm³/mol. The van der Waals surface area contributed by atoms with Gasteiger partial charge in [-0.25, -0.2) is 0 Å². The predicted octanol–water partition coefficient (Wildman–Crippen LogP) is 14.1. The summed E-state index contributed by atoms with van der Waals surface area (Å²) in [5.41, 5.74) is 0. The highest BCUT2D eigenvalue weighted by molar-refractivity contribution is 5.76. The lowest BCUT2D eigenvalue weighted by atomic mass is 10.0. The molecule has 0 aliphatic heterocycles. The third kappa shape index (κ3) is 40.3. The van der Waals surface area contributed by atoms with Crippen molar-refractivity contribution in [2.45, 2.75) is 257 Å². The first-order chi connectivity index (χ1) is 27.1. The van der Waals surface area contributed by atoms with Gasteiger partial charge in [-0.3, -0.25) is 4.79 Å². The number of hydrogen-bond donors (Lipinski definition) is 4. The first kappa shape index (κ1) is 53.3. The summed E-state index contributed by atoms with van der Waals surface area (Å²) in [4.78, 5) is 12.4. The summed E-state index contributed by atoms with van der Waals surface area (Å²) in [7, 11) is 0. The third-order valence-electron chi connectivity index (χ3n) is 10.9. The van der Waals surface area contributed by atoms with Crippen molar-refractivity contribution in [2.75, 3.05) is 6.61 Å². The van der Waals surface area contributed by atoms with E-state index in [-0.39, 0.29) is 12.5 Å². The maximum Gasteiger partial charge on any atom is 0.220 e. The van der Waals surface area contributed by atoms with Gasteiger partial charge in [0.25, 0.3) is 0 Å². The normalized spacial score (nSPS) is 13.9. The Bertz CT molecular complexity index is 896. The van der Waals surface area contributed by atoms with Gasteiger partial charge in [-0.15, -0.1) is 0 Å². The van der Waals surface area contributed by atoms with E-state index in [2.05, 4.69) is 67.8 Å². The minimum Gasteiger partial charge on any atom is -0.394 e. The van der Waals surface area contributed by atoms with Crippen LogP contribution < -0.4 is 5.32 Å². The lowest BCUT2D eigenvalue weighted by molar-refractivity contribution is -0.124. The second-order valence-corrected chi connectivity index (χ2v) is 16.3. The molecule has 0 aromatic heterocycles. The van der Waals surface area contributed by atoms with Crippen LogP contribution >= 0.6 is 0 Å². The van der Waals surface area contributed by atoms with E-state index in [0.717, 1.165) is 57.8 Å². The SMILES string of the molecule is CCCCC/C=C\C/C=C\CCCCCCCCCC(=O)NC(CO)C(O)C(O)CCC/C=C/CC/C=C/CCCCCCCCCCCCCCCCC. The summed E-state index contributed by atoms with van der Waals surface area (Å²) in [5.74, 6) is -0.167. The number of hydrogen-bond acceptors (Lipinski definition) is 4. The molecule has 5 nitrogen and oxygen atoms in total. The topological polar surface area (TPSA) is 89.8 Å². The summed E-state index contributed by atoms with van der Waals surface area (Å²) < 4.78 is 0. The molecule has 4 N–H and O–H groups in total. The summed E-state index contributed by atoms with van der Waals surface area (Å²) >= 11 is 0. The summed E-state index contributed by atoms with van der Waals surface area (Å²) in [6.07, 6.45) is 58.0. The highest BCUT2D eigenvalue weighted by Gasteiger charge is 2.26. The highest BCUT2D eigenvalue weighted by atomic mass is 16.3. The van der Waals surface area contributed by atoms with E-state index in [4.69, 9.17) is 0 Å². The Hall–Kier alpha value is -1.69. The molecule has 0 fully saturated rings. The zero-order valence-corrected chi connectivity index (χ0v) is 36.6. The summed E-state index contributed by atoms with van der Waals surface area (Å²) in [6.45, 7) is 4.14. The average Bonchev–Trinajstić information content (AvgIpc) is 3.19. The first-order valence-electron chi connectivity index (χ1n) is 23.9. The molecule has 322 valence electrons. The van der Waals surface area contributed by atoms with Gasteiger partial charge >= 0.3 is 0 Å². The van der Waals surface area contributed by atoms with Crippen LogP contribution in [0.1, 0.15) is 239 Å². The van der Waals surface area contributed by atoms with Crippen molar-refractivity contribution in [1.82, 2.24) is 5.32 Å². The average molecular weight is 772 g/mol. The Kier molecular flexibility index (Phi) is 43.6. The van der Waals surface area contributed by atoms with E-state index in [9.17, 15) is 20.1 Å². The molecule has 5 heteroatoms. The Morgan fingerprint density at radius 1 is 0.455 bits per heavy atom. The molecule has 55 heavy (non-hydrogen) atoms. The number of carbonyl (C=O) groups excluding carboxylic acids is 1. The van der Waals surface area contributed by atoms with Crippen LogP contribution in [0.3, 0.4) is 0 Å². The number of allylic oxidation sites excluding steroid dienone is 8. The molecule has 1 amide bonds. The molecule has 0 saturated heterocycles. The Labute approximate surface area is 342 Å². The fraction of sp³-hybridized carbons (Fsp3) is 0.820. The smallest absolute Gasteiger partial charge is 0.220 e. The number of rotatable bonds is 43. The van der Waals surface area contributed by atoms with Crippen LogP contribution in [0.5, 0.6) is 0 Å². The summed E-state index contributed by atoms with van der Waals surface area (Å²) in [5, 5.41) is 33.6. The largest absolute Gasteiger partial charge is 0.394 e. The molecular weight excluding hydrogens is 679 g/mol. The number of aliphatic hydroxyl groups is 3. The molecule has 0 bridgehead atoms. The van der Waals surface area contributed by atoms with Crippen LogP contribution in [0, 0.1) is 0 Å².